The van der Waals surface area contributed by atoms with Gasteiger partial charge in [0.05, 0.1) is 0 Å². The predicted molar refractivity (Wildman–Crippen MR) is 59.6 cm³/mol. The fourth-order valence-electron chi connectivity index (χ4n) is 1.34. The fourth-order valence-corrected chi connectivity index (χ4v) is 3.02. The molecule has 0 unspecified atom stereocenters. The zero-order chi connectivity index (χ0) is 9.38. The maximum Gasteiger partial charge on any atom is 0.128 e. The van der Waals surface area contributed by atoms with E-state index >= 15 is 0 Å². The lowest BCUT2D eigenvalue weighted by molar-refractivity contribution is 1.23. The van der Waals surface area contributed by atoms with Crippen LogP contribution in [0, 0.1) is 6.20 Å². The van der Waals surface area contributed by atoms with Crippen molar-refractivity contribution < 1.29 is 0 Å². The van der Waals surface area contributed by atoms with Crippen molar-refractivity contribution in [3.05, 3.63) is 35.4 Å². The molecule has 0 aliphatic heterocycles. The normalized spacial score (nSPS) is 10.9. The minimum absolute atomic E-state index is 1.00. The van der Waals surface area contributed by atoms with Crippen LogP contribution in [0.3, 0.4) is 0 Å². The fraction of sp³-hybridized carbons (Fsp3) is 0. The molecule has 0 aliphatic rings. The Morgan fingerprint density at radius 1 is 1.29 bits per heavy atom. The smallest absolute Gasteiger partial charge is 0.128 e. The Balaban J connectivity index is 2.33. The van der Waals surface area contributed by atoms with Crippen molar-refractivity contribution in [2.24, 2.45) is 0 Å². The van der Waals surface area contributed by atoms with E-state index in [9.17, 15) is 0 Å². The average Bonchev–Trinajstić information content (AvgIpc) is 2.85. The molecule has 0 aromatic carbocycles. The molecule has 0 bridgehead atoms. The minimum Gasteiger partial charge on any atom is -0.234 e. The SMILES string of the molecule is [c]1ncnc2scc(-c3cccs3)c12. The first kappa shape index (κ1) is 8.08. The molecular weight excluding hydrogens is 212 g/mol. The third kappa shape index (κ3) is 1.15. The topological polar surface area (TPSA) is 25.8 Å². The van der Waals surface area contributed by atoms with Gasteiger partial charge in [-0.2, -0.15) is 0 Å². The Bertz CT molecular complexity index is 554. The second kappa shape index (κ2) is 3.15. The predicted octanol–water partition coefficient (Wildman–Crippen LogP) is 3.22. The quantitative estimate of drug-likeness (QED) is 0.625. The molecule has 0 amide bonds. The van der Waals surface area contributed by atoms with Crippen LogP contribution in [0.2, 0.25) is 0 Å². The summed E-state index contributed by atoms with van der Waals surface area (Å²) in [6, 6.07) is 4.15. The van der Waals surface area contributed by atoms with Gasteiger partial charge in [0.2, 0.25) is 0 Å². The number of fused-ring (bicyclic) bond motifs is 1. The van der Waals surface area contributed by atoms with Gasteiger partial charge in [0.15, 0.2) is 0 Å². The van der Waals surface area contributed by atoms with Crippen LogP contribution in [0.25, 0.3) is 20.7 Å². The van der Waals surface area contributed by atoms with Crippen molar-refractivity contribution in [1.82, 2.24) is 9.97 Å². The van der Waals surface area contributed by atoms with Crippen LogP contribution in [0.1, 0.15) is 0 Å². The second-order valence-electron chi connectivity index (χ2n) is 2.79. The zero-order valence-corrected chi connectivity index (χ0v) is 8.73. The van der Waals surface area contributed by atoms with Crippen LogP contribution in [0.5, 0.6) is 0 Å². The van der Waals surface area contributed by atoms with Gasteiger partial charge in [-0.15, -0.1) is 22.7 Å². The Kier molecular flexibility index (Phi) is 1.82. The van der Waals surface area contributed by atoms with E-state index in [0.717, 1.165) is 10.2 Å². The van der Waals surface area contributed by atoms with E-state index in [1.54, 1.807) is 22.7 Å². The maximum absolute atomic E-state index is 4.19. The Morgan fingerprint density at radius 3 is 3.14 bits per heavy atom. The van der Waals surface area contributed by atoms with E-state index < -0.39 is 0 Å². The summed E-state index contributed by atoms with van der Waals surface area (Å²) >= 11 is 3.36. The zero-order valence-electron chi connectivity index (χ0n) is 7.10. The van der Waals surface area contributed by atoms with Crippen molar-refractivity contribution >= 4 is 32.9 Å². The summed E-state index contributed by atoms with van der Waals surface area (Å²) in [6.07, 6.45) is 4.53. The molecule has 3 rings (SSSR count). The van der Waals surface area contributed by atoms with Crippen LogP contribution < -0.4 is 0 Å². The van der Waals surface area contributed by atoms with Crippen LogP contribution >= 0.6 is 22.7 Å². The lowest BCUT2D eigenvalue weighted by Crippen LogP contribution is -1.76. The number of hydrogen-bond acceptors (Lipinski definition) is 4. The Labute approximate surface area is 88.9 Å². The van der Waals surface area contributed by atoms with Crippen molar-refractivity contribution in [3.8, 4) is 10.4 Å². The third-order valence-corrected chi connectivity index (χ3v) is 3.76. The van der Waals surface area contributed by atoms with Gasteiger partial charge in [-0.1, -0.05) is 6.07 Å². The molecule has 4 heteroatoms. The summed E-state index contributed by atoms with van der Waals surface area (Å²) in [7, 11) is 0. The van der Waals surface area contributed by atoms with E-state index in [0.29, 0.717) is 0 Å². The van der Waals surface area contributed by atoms with Gasteiger partial charge in [0.1, 0.15) is 17.4 Å². The summed E-state index contributed by atoms with van der Waals surface area (Å²) < 4.78 is 0. The molecule has 14 heavy (non-hydrogen) atoms. The van der Waals surface area contributed by atoms with E-state index in [4.69, 9.17) is 0 Å². The highest BCUT2D eigenvalue weighted by Gasteiger charge is 2.07. The van der Waals surface area contributed by atoms with Crippen molar-refractivity contribution in [1.29, 1.82) is 0 Å². The van der Waals surface area contributed by atoms with E-state index in [1.807, 2.05) is 6.07 Å². The molecule has 67 valence electrons. The molecule has 0 atom stereocenters. The van der Waals surface area contributed by atoms with E-state index in [-0.39, 0.29) is 0 Å². The first-order valence-electron chi connectivity index (χ1n) is 4.09. The molecule has 0 N–H and O–H groups in total. The van der Waals surface area contributed by atoms with Crippen LogP contribution in [0.15, 0.2) is 29.2 Å². The van der Waals surface area contributed by atoms with Gasteiger partial charge >= 0.3 is 0 Å². The van der Waals surface area contributed by atoms with Gasteiger partial charge < -0.3 is 0 Å². The van der Waals surface area contributed by atoms with Crippen molar-refractivity contribution in [2.75, 3.05) is 0 Å². The van der Waals surface area contributed by atoms with Crippen molar-refractivity contribution in [2.45, 2.75) is 0 Å². The number of thiophene rings is 2. The summed E-state index contributed by atoms with van der Waals surface area (Å²) in [6.45, 7) is 0. The third-order valence-electron chi connectivity index (χ3n) is 1.97. The highest BCUT2D eigenvalue weighted by Crippen LogP contribution is 2.34. The number of hydrogen-bond donors (Lipinski definition) is 0. The summed E-state index contributed by atoms with van der Waals surface area (Å²) in [5.74, 6) is 0. The number of nitrogens with zero attached hydrogens (tertiary/aromatic N) is 2. The molecule has 3 aromatic heterocycles. The van der Waals surface area contributed by atoms with Gasteiger partial charge in [-0.3, -0.25) is 0 Å². The van der Waals surface area contributed by atoms with Crippen LogP contribution in [0.4, 0.5) is 0 Å². The molecule has 3 heterocycles. The van der Waals surface area contributed by atoms with Gasteiger partial charge in [0, 0.05) is 21.2 Å². The van der Waals surface area contributed by atoms with E-state index in [2.05, 4.69) is 33.0 Å². The van der Waals surface area contributed by atoms with Crippen LogP contribution in [-0.2, 0) is 0 Å². The Morgan fingerprint density at radius 2 is 2.29 bits per heavy atom. The second-order valence-corrected chi connectivity index (χ2v) is 4.60. The molecule has 3 aromatic rings. The molecule has 0 fully saturated rings. The molecule has 1 radical (unpaired) electrons. The Hall–Kier alpha value is -1.26. The molecule has 2 nitrogen and oxygen atoms in total. The minimum atomic E-state index is 1.00. The summed E-state index contributed by atoms with van der Waals surface area (Å²) in [5, 5.41) is 5.21. The average molecular weight is 217 g/mol. The summed E-state index contributed by atoms with van der Waals surface area (Å²) in [4.78, 5) is 10.4. The molecule has 0 aliphatic carbocycles. The number of aromatic nitrogens is 2. The monoisotopic (exact) mass is 217 g/mol. The van der Waals surface area contributed by atoms with Gasteiger partial charge in [-0.25, -0.2) is 9.97 Å². The highest BCUT2D eigenvalue weighted by molar-refractivity contribution is 7.18. The lowest BCUT2D eigenvalue weighted by atomic mass is 10.2. The highest BCUT2D eigenvalue weighted by atomic mass is 32.1. The molecule has 0 saturated heterocycles. The van der Waals surface area contributed by atoms with Gasteiger partial charge in [-0.05, 0) is 11.4 Å². The lowest BCUT2D eigenvalue weighted by Gasteiger charge is -1.91. The molecule has 0 spiro atoms. The standard InChI is InChI=1S/C10H5N2S2/c1-2-9(13-3-1)8-5-14-10-7(8)4-11-6-12-10/h1-3,5-6H. The summed E-state index contributed by atoms with van der Waals surface area (Å²) in [5.41, 5.74) is 1.20. The van der Waals surface area contributed by atoms with E-state index in [1.165, 1.54) is 16.8 Å². The van der Waals surface area contributed by atoms with Crippen LogP contribution in [-0.4, -0.2) is 9.97 Å². The first-order valence-corrected chi connectivity index (χ1v) is 5.85. The van der Waals surface area contributed by atoms with Crippen molar-refractivity contribution in [3.63, 3.8) is 0 Å². The van der Waals surface area contributed by atoms with Gasteiger partial charge in [0.25, 0.3) is 0 Å². The molecular formula is C10H5N2S2. The molecule has 0 saturated carbocycles. The largest absolute Gasteiger partial charge is 0.234 e. The number of rotatable bonds is 1. The maximum atomic E-state index is 4.19. The first-order chi connectivity index (χ1) is 6.95.